The molecule has 0 aliphatic carbocycles. The van der Waals surface area contributed by atoms with Crippen molar-refractivity contribution in [2.75, 3.05) is 18.4 Å². The van der Waals surface area contributed by atoms with Gasteiger partial charge in [-0.1, -0.05) is 30.3 Å². The Morgan fingerprint density at radius 3 is 2.55 bits per heavy atom. The molecule has 2 aromatic rings. The Hall–Kier alpha value is -3.75. The molecular weight excluding hydrogens is 426 g/mol. The maximum atomic E-state index is 12.7. The van der Waals surface area contributed by atoms with Gasteiger partial charge in [0.2, 0.25) is 0 Å². The van der Waals surface area contributed by atoms with E-state index in [9.17, 15) is 19.5 Å². The molecule has 1 aliphatic rings. The smallest absolute Gasteiger partial charge is 0.412 e. The molecule has 9 nitrogen and oxygen atoms in total. The minimum absolute atomic E-state index is 0.172. The predicted octanol–water partition coefficient (Wildman–Crippen LogP) is 3.88. The molecule has 1 heterocycles. The summed E-state index contributed by atoms with van der Waals surface area (Å²) in [5.74, 6) is -0.603. The number of carbonyl (C=O) groups excluding carboxylic acids is 3. The van der Waals surface area contributed by atoms with Crippen LogP contribution in [0.4, 0.5) is 15.3 Å². The average Bonchev–Trinajstić information content (AvgIpc) is 3.19. The molecule has 0 bridgehead atoms. The molecular formula is C24H29N3O6. The highest BCUT2D eigenvalue weighted by Gasteiger charge is 2.29. The molecule has 1 atom stereocenters. The maximum absolute atomic E-state index is 12.7. The van der Waals surface area contributed by atoms with Crippen LogP contribution in [0.1, 0.15) is 43.1 Å². The maximum Gasteiger partial charge on any atom is 0.412 e. The fourth-order valence-corrected chi connectivity index (χ4v) is 3.36. The Bertz CT molecular complexity index is 1000. The first-order valence-electron chi connectivity index (χ1n) is 10.7. The molecule has 0 unspecified atom stereocenters. The summed E-state index contributed by atoms with van der Waals surface area (Å²) >= 11 is 0. The number of aromatic hydroxyl groups is 1. The molecule has 1 saturated heterocycles. The van der Waals surface area contributed by atoms with Crippen molar-refractivity contribution in [3.8, 4) is 5.75 Å². The lowest BCUT2D eigenvalue weighted by molar-refractivity contribution is 0.0635. The van der Waals surface area contributed by atoms with Crippen molar-refractivity contribution >= 4 is 23.8 Å². The van der Waals surface area contributed by atoms with Gasteiger partial charge in [-0.05, 0) is 44.9 Å². The molecule has 0 aromatic heterocycles. The molecule has 0 radical (unpaired) electrons. The molecule has 9 heteroatoms. The summed E-state index contributed by atoms with van der Waals surface area (Å²) in [6, 6.07) is 13.2. The summed E-state index contributed by atoms with van der Waals surface area (Å²) in [6.45, 7) is 6.16. The second kappa shape index (κ2) is 10.2. The summed E-state index contributed by atoms with van der Waals surface area (Å²) in [5.41, 5.74) is 0.616. The molecule has 1 aliphatic heterocycles. The number of hydrogen-bond acceptors (Lipinski definition) is 6. The predicted molar refractivity (Wildman–Crippen MR) is 122 cm³/mol. The number of carbonyl (C=O) groups is 3. The van der Waals surface area contributed by atoms with Crippen molar-refractivity contribution < 1.29 is 29.0 Å². The quantitative estimate of drug-likeness (QED) is 0.630. The summed E-state index contributed by atoms with van der Waals surface area (Å²) in [4.78, 5) is 38.5. The average molecular weight is 456 g/mol. The van der Waals surface area contributed by atoms with Gasteiger partial charge in [0.1, 0.15) is 18.0 Å². The van der Waals surface area contributed by atoms with Crippen molar-refractivity contribution in [3.05, 3.63) is 59.7 Å². The SMILES string of the molecule is CC(C)(C)OC(=O)Nc1cc(O)cc(C(=O)N[C@H]2CCN(C(=O)OCc3ccccc3)C2)c1. The third-order valence-corrected chi connectivity index (χ3v) is 4.81. The molecule has 3 rings (SSSR count). The molecule has 2 aromatic carbocycles. The van der Waals surface area contributed by atoms with E-state index in [1.807, 2.05) is 30.3 Å². The number of phenols is 1. The van der Waals surface area contributed by atoms with Gasteiger partial charge in [-0.3, -0.25) is 10.1 Å². The second-order valence-corrected chi connectivity index (χ2v) is 8.84. The Balaban J connectivity index is 1.53. The van der Waals surface area contributed by atoms with Gasteiger partial charge in [0.25, 0.3) is 5.91 Å². The van der Waals surface area contributed by atoms with Crippen LogP contribution in [0.25, 0.3) is 0 Å². The fourth-order valence-electron chi connectivity index (χ4n) is 3.36. The number of phenolic OH excluding ortho intramolecular Hbond substituents is 1. The lowest BCUT2D eigenvalue weighted by atomic mass is 10.1. The summed E-state index contributed by atoms with van der Waals surface area (Å²) in [5, 5.41) is 15.3. The first-order chi connectivity index (χ1) is 15.6. The first kappa shape index (κ1) is 23.9. The zero-order valence-corrected chi connectivity index (χ0v) is 19.0. The number of rotatable bonds is 5. The van der Waals surface area contributed by atoms with Gasteiger partial charge in [0.15, 0.2) is 0 Å². The summed E-state index contributed by atoms with van der Waals surface area (Å²) in [6.07, 6.45) is -0.551. The number of anilines is 1. The number of hydrogen-bond donors (Lipinski definition) is 3. The molecule has 3 amide bonds. The van der Waals surface area contributed by atoms with Crippen molar-refractivity contribution in [2.45, 2.75) is 45.4 Å². The highest BCUT2D eigenvalue weighted by molar-refractivity contribution is 5.97. The summed E-state index contributed by atoms with van der Waals surface area (Å²) in [7, 11) is 0. The van der Waals surface area contributed by atoms with Crippen LogP contribution in [0.2, 0.25) is 0 Å². The molecule has 3 N–H and O–H groups in total. The number of benzene rings is 2. The Kier molecular flexibility index (Phi) is 7.42. The van der Waals surface area contributed by atoms with Crippen LogP contribution in [0, 0.1) is 0 Å². The number of nitrogens with one attached hydrogen (secondary N) is 2. The van der Waals surface area contributed by atoms with Crippen LogP contribution in [0.15, 0.2) is 48.5 Å². The van der Waals surface area contributed by atoms with E-state index in [-0.39, 0.29) is 29.6 Å². The van der Waals surface area contributed by atoms with Gasteiger partial charge >= 0.3 is 12.2 Å². The number of ether oxygens (including phenoxy) is 2. The van der Waals surface area contributed by atoms with E-state index in [2.05, 4.69) is 10.6 Å². The van der Waals surface area contributed by atoms with Crippen LogP contribution in [0.3, 0.4) is 0 Å². The van der Waals surface area contributed by atoms with Crippen LogP contribution < -0.4 is 10.6 Å². The van der Waals surface area contributed by atoms with Crippen LogP contribution >= 0.6 is 0 Å². The Labute approximate surface area is 192 Å². The van der Waals surface area contributed by atoms with Gasteiger partial charge in [0, 0.05) is 36.4 Å². The van der Waals surface area contributed by atoms with E-state index in [1.165, 1.54) is 18.2 Å². The molecule has 0 spiro atoms. The van der Waals surface area contributed by atoms with Gasteiger partial charge in [-0.2, -0.15) is 0 Å². The minimum Gasteiger partial charge on any atom is -0.508 e. The molecule has 0 saturated carbocycles. The standard InChI is InChI=1S/C24H29N3O6/c1-24(2,3)33-22(30)26-19-11-17(12-20(28)13-19)21(29)25-18-9-10-27(14-18)23(31)32-15-16-7-5-4-6-8-16/h4-8,11-13,18,28H,9-10,14-15H2,1-3H3,(H,25,29)(H,26,30)/t18-/m0/s1. The normalized spacial score (nSPS) is 15.6. The lowest BCUT2D eigenvalue weighted by Gasteiger charge is -2.20. The fraction of sp³-hybridized carbons (Fsp3) is 0.375. The zero-order valence-electron chi connectivity index (χ0n) is 19.0. The van der Waals surface area contributed by atoms with Crippen LogP contribution in [-0.2, 0) is 16.1 Å². The third kappa shape index (κ3) is 7.41. The van der Waals surface area contributed by atoms with E-state index in [0.717, 1.165) is 5.56 Å². The third-order valence-electron chi connectivity index (χ3n) is 4.81. The van der Waals surface area contributed by atoms with E-state index in [1.54, 1.807) is 25.7 Å². The first-order valence-corrected chi connectivity index (χ1v) is 10.7. The van der Waals surface area contributed by atoms with Crippen molar-refractivity contribution in [3.63, 3.8) is 0 Å². The minimum atomic E-state index is -0.695. The zero-order chi connectivity index (χ0) is 24.0. The number of amides is 3. The largest absolute Gasteiger partial charge is 0.508 e. The Morgan fingerprint density at radius 2 is 1.85 bits per heavy atom. The highest BCUT2D eigenvalue weighted by Crippen LogP contribution is 2.21. The van der Waals surface area contributed by atoms with Crippen molar-refractivity contribution in [2.24, 2.45) is 0 Å². The topological polar surface area (TPSA) is 117 Å². The van der Waals surface area contributed by atoms with Crippen LogP contribution in [-0.4, -0.2) is 52.8 Å². The summed E-state index contributed by atoms with van der Waals surface area (Å²) < 4.78 is 10.5. The van der Waals surface area contributed by atoms with Gasteiger partial charge in [-0.15, -0.1) is 0 Å². The highest BCUT2D eigenvalue weighted by atomic mass is 16.6. The Morgan fingerprint density at radius 1 is 1.12 bits per heavy atom. The second-order valence-electron chi connectivity index (χ2n) is 8.84. The van der Waals surface area contributed by atoms with E-state index in [4.69, 9.17) is 9.47 Å². The van der Waals surface area contributed by atoms with Crippen molar-refractivity contribution in [1.29, 1.82) is 0 Å². The van der Waals surface area contributed by atoms with Crippen LogP contribution in [0.5, 0.6) is 5.75 Å². The lowest BCUT2D eigenvalue weighted by Crippen LogP contribution is -2.38. The number of nitrogens with zero attached hydrogens (tertiary/aromatic N) is 1. The van der Waals surface area contributed by atoms with Gasteiger partial charge in [0.05, 0.1) is 0 Å². The van der Waals surface area contributed by atoms with E-state index >= 15 is 0 Å². The van der Waals surface area contributed by atoms with E-state index < -0.39 is 23.7 Å². The molecule has 1 fully saturated rings. The van der Waals surface area contributed by atoms with Gasteiger partial charge in [-0.25, -0.2) is 9.59 Å². The van der Waals surface area contributed by atoms with Crippen molar-refractivity contribution in [1.82, 2.24) is 10.2 Å². The van der Waals surface area contributed by atoms with Gasteiger partial charge < -0.3 is 24.8 Å². The molecule has 176 valence electrons. The monoisotopic (exact) mass is 455 g/mol. The van der Waals surface area contributed by atoms with E-state index in [0.29, 0.717) is 19.5 Å². The molecule has 33 heavy (non-hydrogen) atoms. The number of likely N-dealkylation sites (tertiary alicyclic amines) is 1.